The second kappa shape index (κ2) is 12.2. The van der Waals surface area contributed by atoms with Crippen molar-refractivity contribution in [1.29, 1.82) is 0 Å². The molecule has 0 saturated heterocycles. The van der Waals surface area contributed by atoms with Crippen LogP contribution in [0.4, 0.5) is 0 Å². The summed E-state index contributed by atoms with van der Waals surface area (Å²) < 4.78 is 20.2. The predicted molar refractivity (Wildman–Crippen MR) is 156 cm³/mol. The molecule has 11 heteroatoms. The van der Waals surface area contributed by atoms with E-state index < -0.39 is 12.0 Å². The predicted octanol–water partition coefficient (Wildman–Crippen LogP) is 5.77. The minimum absolute atomic E-state index is 0.184. The molecule has 1 aliphatic rings. The van der Waals surface area contributed by atoms with Crippen molar-refractivity contribution in [2.45, 2.75) is 32.7 Å². The molecule has 4 rings (SSSR count). The average molecular weight is 685 g/mol. The molecule has 38 heavy (non-hydrogen) atoms. The fourth-order valence-corrected chi connectivity index (χ4v) is 6.99. The molecule has 1 aliphatic heterocycles. The molecule has 0 spiro atoms. The highest BCUT2D eigenvalue weighted by atomic mass is 79.9. The van der Waals surface area contributed by atoms with E-state index in [0.717, 1.165) is 15.4 Å². The number of carbonyl (C=O) groups excluding carboxylic acids is 1. The molecule has 0 aliphatic carbocycles. The van der Waals surface area contributed by atoms with Crippen LogP contribution in [0.5, 0.6) is 11.5 Å². The summed E-state index contributed by atoms with van der Waals surface area (Å²) in [6.45, 7) is 3.93. The Morgan fingerprint density at radius 2 is 1.95 bits per heavy atom. The molecule has 0 N–H and O–H groups in total. The van der Waals surface area contributed by atoms with Crippen LogP contribution in [0.25, 0.3) is 6.08 Å². The van der Waals surface area contributed by atoms with Crippen LogP contribution < -0.4 is 24.4 Å². The Morgan fingerprint density at radius 3 is 2.61 bits per heavy atom. The van der Waals surface area contributed by atoms with Crippen LogP contribution in [-0.2, 0) is 9.53 Å². The Labute approximate surface area is 245 Å². The van der Waals surface area contributed by atoms with E-state index in [1.54, 1.807) is 38.3 Å². The largest absolute Gasteiger partial charge is 0.496 e. The maximum absolute atomic E-state index is 14.0. The van der Waals surface area contributed by atoms with Gasteiger partial charge in [0, 0.05) is 20.6 Å². The first-order valence-electron chi connectivity index (χ1n) is 11.8. The molecule has 0 radical (unpaired) electrons. The molecule has 2 aromatic carbocycles. The fourth-order valence-electron chi connectivity index (χ4n) is 4.38. The van der Waals surface area contributed by atoms with Gasteiger partial charge in [-0.25, -0.2) is 9.79 Å². The van der Waals surface area contributed by atoms with Crippen LogP contribution in [0.2, 0.25) is 5.02 Å². The van der Waals surface area contributed by atoms with Gasteiger partial charge in [-0.2, -0.15) is 0 Å². The number of ether oxygens (including phenoxy) is 3. The number of halogens is 3. The van der Waals surface area contributed by atoms with E-state index in [0.29, 0.717) is 54.7 Å². The molecule has 0 unspecified atom stereocenters. The highest BCUT2D eigenvalue weighted by Crippen LogP contribution is 2.38. The number of methoxy groups -OCH3 is 2. The minimum Gasteiger partial charge on any atom is -0.496 e. The quantitative estimate of drug-likeness (QED) is 0.282. The highest BCUT2D eigenvalue weighted by Gasteiger charge is 2.36. The molecular formula is C27H25Br2ClN2O5S. The van der Waals surface area contributed by atoms with Crippen molar-refractivity contribution >= 4 is 66.8 Å². The standard InChI is InChI=1S/C27H25Br2ClN2O5S/c1-5-7-19-22(26(34)37-6-2)23(17-13-16(30)8-9-20(17)35-3)32-25(33)21(38-27(32)31-19)11-14-10-15(28)12-18(29)24(14)36-4/h8-13,23H,5-7H2,1-4H3/b21-11+/t23-/m0/s1. The van der Waals surface area contributed by atoms with Crippen molar-refractivity contribution in [1.82, 2.24) is 4.57 Å². The monoisotopic (exact) mass is 682 g/mol. The number of hydrogen-bond donors (Lipinski definition) is 0. The van der Waals surface area contributed by atoms with Crippen molar-refractivity contribution in [3.63, 3.8) is 0 Å². The average Bonchev–Trinajstić information content (AvgIpc) is 3.17. The zero-order valence-corrected chi connectivity index (χ0v) is 25.9. The molecule has 0 saturated carbocycles. The summed E-state index contributed by atoms with van der Waals surface area (Å²) in [5, 5.41) is 0.448. The second-order valence-electron chi connectivity index (χ2n) is 8.31. The number of rotatable bonds is 8. The summed E-state index contributed by atoms with van der Waals surface area (Å²) >= 11 is 14.7. The van der Waals surface area contributed by atoms with Gasteiger partial charge < -0.3 is 14.2 Å². The highest BCUT2D eigenvalue weighted by molar-refractivity contribution is 9.11. The summed E-state index contributed by atoms with van der Waals surface area (Å²) in [6, 6.07) is 8.03. The zero-order chi connectivity index (χ0) is 27.6. The Hall–Kier alpha value is -2.40. The van der Waals surface area contributed by atoms with Crippen LogP contribution in [-0.4, -0.2) is 31.4 Å². The molecule has 0 fully saturated rings. The number of esters is 1. The third kappa shape index (κ3) is 5.50. The Morgan fingerprint density at radius 1 is 1.18 bits per heavy atom. The maximum Gasteiger partial charge on any atom is 0.338 e. The molecule has 0 amide bonds. The van der Waals surface area contributed by atoms with Crippen molar-refractivity contribution in [3.8, 4) is 11.5 Å². The lowest BCUT2D eigenvalue weighted by atomic mass is 9.93. The van der Waals surface area contributed by atoms with Gasteiger partial charge >= 0.3 is 5.97 Å². The van der Waals surface area contributed by atoms with Gasteiger partial charge in [-0.05, 0) is 65.7 Å². The number of fused-ring (bicyclic) bond motifs is 1. The van der Waals surface area contributed by atoms with Gasteiger partial charge in [0.1, 0.15) is 17.5 Å². The summed E-state index contributed by atoms with van der Waals surface area (Å²) in [7, 11) is 3.11. The molecular weight excluding hydrogens is 660 g/mol. The van der Waals surface area contributed by atoms with Crippen LogP contribution in [0.1, 0.15) is 43.9 Å². The van der Waals surface area contributed by atoms with Crippen molar-refractivity contribution in [2.24, 2.45) is 4.99 Å². The van der Waals surface area contributed by atoms with Gasteiger partial charge in [0.15, 0.2) is 4.80 Å². The van der Waals surface area contributed by atoms with Crippen LogP contribution in [0.15, 0.2) is 60.3 Å². The molecule has 2 heterocycles. The molecule has 3 aromatic rings. The third-order valence-electron chi connectivity index (χ3n) is 5.91. The van der Waals surface area contributed by atoms with Gasteiger partial charge in [-0.15, -0.1) is 0 Å². The van der Waals surface area contributed by atoms with Crippen LogP contribution >= 0.6 is 54.8 Å². The second-order valence-corrected chi connectivity index (χ2v) is 11.5. The van der Waals surface area contributed by atoms with Crippen LogP contribution in [0.3, 0.4) is 0 Å². The summed E-state index contributed by atoms with van der Waals surface area (Å²) in [6.07, 6.45) is 3.04. The van der Waals surface area contributed by atoms with E-state index >= 15 is 0 Å². The number of benzene rings is 2. The summed E-state index contributed by atoms with van der Waals surface area (Å²) in [5.41, 5.74) is 1.84. The minimum atomic E-state index is -0.834. The van der Waals surface area contributed by atoms with Gasteiger partial charge in [-0.3, -0.25) is 9.36 Å². The van der Waals surface area contributed by atoms with Crippen molar-refractivity contribution in [3.05, 3.63) is 86.4 Å². The first-order chi connectivity index (χ1) is 18.2. The fraction of sp³-hybridized carbons (Fsp3) is 0.296. The number of allylic oxidation sites excluding steroid dienone is 1. The van der Waals surface area contributed by atoms with E-state index in [4.69, 9.17) is 30.8 Å². The van der Waals surface area contributed by atoms with Gasteiger partial charge in [0.25, 0.3) is 5.56 Å². The van der Waals surface area contributed by atoms with E-state index in [-0.39, 0.29) is 12.2 Å². The van der Waals surface area contributed by atoms with Crippen molar-refractivity contribution in [2.75, 3.05) is 20.8 Å². The van der Waals surface area contributed by atoms with E-state index in [1.165, 1.54) is 23.0 Å². The Balaban J connectivity index is 2.08. The summed E-state index contributed by atoms with van der Waals surface area (Å²) in [4.78, 5) is 32.6. The number of nitrogens with zero attached hydrogens (tertiary/aromatic N) is 2. The van der Waals surface area contributed by atoms with Crippen molar-refractivity contribution < 1.29 is 19.0 Å². The van der Waals surface area contributed by atoms with Crippen LogP contribution in [0, 0.1) is 0 Å². The SMILES string of the molecule is CCCC1=C(C(=O)OCC)[C@H](c2cc(Cl)ccc2OC)n2c(s/c(=C/c3cc(Br)cc(Br)c3OC)c2=O)=N1. The lowest BCUT2D eigenvalue weighted by Gasteiger charge is -2.27. The number of carbonyl (C=O) groups is 1. The first-order valence-corrected chi connectivity index (χ1v) is 14.6. The molecule has 200 valence electrons. The number of thiazole rings is 1. The smallest absolute Gasteiger partial charge is 0.338 e. The number of aromatic nitrogens is 1. The van der Waals surface area contributed by atoms with E-state index in [2.05, 4.69) is 31.9 Å². The number of hydrogen-bond acceptors (Lipinski definition) is 7. The molecule has 1 aromatic heterocycles. The topological polar surface area (TPSA) is 79.1 Å². The third-order valence-corrected chi connectivity index (χ3v) is 8.17. The first kappa shape index (κ1) is 28.6. The molecule has 7 nitrogen and oxygen atoms in total. The van der Waals surface area contributed by atoms with Gasteiger partial charge in [0.05, 0.1) is 41.1 Å². The van der Waals surface area contributed by atoms with Gasteiger partial charge in [-0.1, -0.05) is 52.2 Å². The zero-order valence-electron chi connectivity index (χ0n) is 21.1. The van der Waals surface area contributed by atoms with E-state index in [9.17, 15) is 9.59 Å². The maximum atomic E-state index is 14.0. The Bertz CT molecular complexity index is 1610. The molecule has 0 bridgehead atoms. The van der Waals surface area contributed by atoms with E-state index in [1.807, 2.05) is 19.1 Å². The van der Waals surface area contributed by atoms with Gasteiger partial charge in [0.2, 0.25) is 0 Å². The normalized spacial score (nSPS) is 15.2. The lowest BCUT2D eigenvalue weighted by molar-refractivity contribution is -0.139. The summed E-state index contributed by atoms with van der Waals surface area (Å²) in [5.74, 6) is 0.552. The Kier molecular flexibility index (Phi) is 9.18. The lowest BCUT2D eigenvalue weighted by Crippen LogP contribution is -2.40. The molecule has 1 atom stereocenters.